The van der Waals surface area contributed by atoms with Crippen molar-refractivity contribution in [3.8, 4) is 0 Å². The fourth-order valence-electron chi connectivity index (χ4n) is 3.43. The Morgan fingerprint density at radius 2 is 1.91 bits per heavy atom. The van der Waals surface area contributed by atoms with E-state index in [0.717, 1.165) is 27.8 Å². The summed E-state index contributed by atoms with van der Waals surface area (Å²) in [4.78, 5) is 12.7. The number of aromatic nitrogens is 3. The Morgan fingerprint density at radius 1 is 1.14 bits per heavy atom. The Hall–Kier alpha value is -3.18. The summed E-state index contributed by atoms with van der Waals surface area (Å²) in [6.45, 7) is 6.73. The standard InChI is InChI=1S/C26H25IN6OS/c1-3-15-33-24(17-28-22-13-11-21(27)12-14-22)30-32-26(33)35-18(2)25(34)31-29-16-20-9-6-8-19-7-4-5-10-23(19)20/h3-14,16,18,28H,1,15,17H2,2H3,(H,31,34)/b29-16-/t18-/m0/s1. The number of thioether (sulfide) groups is 1. The molecule has 0 fully saturated rings. The number of nitrogens with zero attached hydrogens (tertiary/aromatic N) is 4. The van der Waals surface area contributed by atoms with E-state index >= 15 is 0 Å². The Morgan fingerprint density at radius 3 is 2.71 bits per heavy atom. The minimum Gasteiger partial charge on any atom is -0.378 e. The fraction of sp³-hybridized carbons (Fsp3) is 0.154. The van der Waals surface area contributed by atoms with Crippen molar-refractivity contribution in [2.75, 3.05) is 5.32 Å². The molecule has 3 aromatic carbocycles. The molecule has 0 aliphatic rings. The Bertz CT molecular complexity index is 1350. The van der Waals surface area contributed by atoms with Gasteiger partial charge in [0.25, 0.3) is 5.91 Å². The second-order valence-electron chi connectivity index (χ2n) is 7.72. The molecule has 2 N–H and O–H groups in total. The molecule has 35 heavy (non-hydrogen) atoms. The molecule has 7 nitrogen and oxygen atoms in total. The number of rotatable bonds is 10. The summed E-state index contributed by atoms with van der Waals surface area (Å²) < 4.78 is 3.14. The summed E-state index contributed by atoms with van der Waals surface area (Å²) in [7, 11) is 0. The number of anilines is 1. The quantitative estimate of drug-likeness (QED) is 0.0835. The van der Waals surface area contributed by atoms with Gasteiger partial charge in [0, 0.05) is 21.4 Å². The molecule has 178 valence electrons. The smallest absolute Gasteiger partial charge is 0.253 e. The number of benzene rings is 3. The van der Waals surface area contributed by atoms with Crippen LogP contribution >= 0.6 is 34.4 Å². The third-order valence-corrected chi connectivity index (χ3v) is 7.05. The summed E-state index contributed by atoms with van der Waals surface area (Å²) in [6, 6.07) is 22.2. The van der Waals surface area contributed by atoms with Gasteiger partial charge in [-0.1, -0.05) is 60.3 Å². The van der Waals surface area contributed by atoms with Crippen molar-refractivity contribution in [2.24, 2.45) is 5.10 Å². The maximum absolute atomic E-state index is 12.7. The molecule has 9 heteroatoms. The predicted octanol–water partition coefficient (Wildman–Crippen LogP) is 5.46. The first-order valence-electron chi connectivity index (χ1n) is 11.0. The van der Waals surface area contributed by atoms with Gasteiger partial charge in [0.2, 0.25) is 0 Å². The molecule has 1 heterocycles. The van der Waals surface area contributed by atoms with Gasteiger partial charge in [-0.2, -0.15) is 5.10 Å². The predicted molar refractivity (Wildman–Crippen MR) is 152 cm³/mol. The monoisotopic (exact) mass is 596 g/mol. The zero-order valence-corrected chi connectivity index (χ0v) is 22.2. The highest BCUT2D eigenvalue weighted by atomic mass is 127. The van der Waals surface area contributed by atoms with Crippen LogP contribution in [0.4, 0.5) is 5.69 Å². The van der Waals surface area contributed by atoms with E-state index in [1.165, 1.54) is 15.3 Å². The summed E-state index contributed by atoms with van der Waals surface area (Å²) >= 11 is 3.62. The lowest BCUT2D eigenvalue weighted by atomic mass is 10.1. The van der Waals surface area contributed by atoms with Crippen LogP contribution in [0.15, 0.2) is 89.6 Å². The second-order valence-corrected chi connectivity index (χ2v) is 10.3. The number of carbonyl (C=O) groups is 1. The Kier molecular flexibility index (Phi) is 8.54. The average molecular weight is 596 g/mol. The third kappa shape index (κ3) is 6.49. The molecule has 1 amide bonds. The third-order valence-electron chi connectivity index (χ3n) is 5.25. The summed E-state index contributed by atoms with van der Waals surface area (Å²) in [5.41, 5.74) is 4.59. The molecule has 0 saturated carbocycles. The SMILES string of the molecule is C=CCn1c(CNc2ccc(I)cc2)nnc1S[C@@H](C)C(=O)N/N=C\c1cccc2ccccc12. The van der Waals surface area contributed by atoms with Gasteiger partial charge < -0.3 is 9.88 Å². The number of carbonyl (C=O) groups excluding carboxylic acids is 1. The van der Waals surface area contributed by atoms with Crippen LogP contribution in [-0.4, -0.2) is 32.1 Å². The first-order valence-corrected chi connectivity index (χ1v) is 13.0. The minimum absolute atomic E-state index is 0.210. The minimum atomic E-state index is -0.413. The van der Waals surface area contributed by atoms with Gasteiger partial charge in [-0.25, -0.2) is 5.43 Å². The first kappa shape index (κ1) is 24.9. The molecule has 0 saturated heterocycles. The van der Waals surface area contributed by atoms with Gasteiger partial charge in [0.1, 0.15) is 0 Å². The number of allylic oxidation sites excluding steroid dienone is 1. The van der Waals surface area contributed by atoms with E-state index in [1.807, 2.05) is 78.2 Å². The number of hydrogen-bond donors (Lipinski definition) is 2. The summed E-state index contributed by atoms with van der Waals surface area (Å²) in [6.07, 6.45) is 3.47. The highest BCUT2D eigenvalue weighted by Crippen LogP contribution is 2.23. The van der Waals surface area contributed by atoms with Crippen LogP contribution in [0, 0.1) is 3.57 Å². The Balaban J connectivity index is 1.38. The van der Waals surface area contributed by atoms with Crippen LogP contribution in [0.3, 0.4) is 0 Å². The highest BCUT2D eigenvalue weighted by molar-refractivity contribution is 14.1. The lowest BCUT2D eigenvalue weighted by Crippen LogP contribution is -2.27. The highest BCUT2D eigenvalue weighted by Gasteiger charge is 2.19. The topological polar surface area (TPSA) is 84.2 Å². The van der Waals surface area contributed by atoms with Crippen molar-refractivity contribution in [3.05, 3.63) is 94.3 Å². The van der Waals surface area contributed by atoms with Crippen molar-refractivity contribution in [1.82, 2.24) is 20.2 Å². The van der Waals surface area contributed by atoms with Crippen molar-refractivity contribution >= 4 is 62.9 Å². The first-order chi connectivity index (χ1) is 17.0. The van der Waals surface area contributed by atoms with Crippen LogP contribution in [0.5, 0.6) is 0 Å². The molecule has 0 aliphatic heterocycles. The van der Waals surface area contributed by atoms with Gasteiger partial charge in [-0.3, -0.25) is 4.79 Å². The normalized spacial score (nSPS) is 12.1. The largest absolute Gasteiger partial charge is 0.378 e. The van der Waals surface area contributed by atoms with E-state index in [4.69, 9.17) is 0 Å². The van der Waals surface area contributed by atoms with Crippen LogP contribution < -0.4 is 10.7 Å². The van der Waals surface area contributed by atoms with E-state index < -0.39 is 5.25 Å². The van der Waals surface area contributed by atoms with E-state index in [2.05, 4.69) is 55.2 Å². The number of hydrogen-bond acceptors (Lipinski definition) is 6. The molecule has 4 aromatic rings. The number of hydrazone groups is 1. The lowest BCUT2D eigenvalue weighted by molar-refractivity contribution is -0.120. The zero-order chi connectivity index (χ0) is 24.6. The number of nitrogens with one attached hydrogen (secondary N) is 2. The maximum Gasteiger partial charge on any atom is 0.253 e. The van der Waals surface area contributed by atoms with E-state index in [0.29, 0.717) is 18.2 Å². The lowest BCUT2D eigenvalue weighted by Gasteiger charge is -2.12. The number of halogens is 1. The van der Waals surface area contributed by atoms with Crippen LogP contribution in [0.1, 0.15) is 18.3 Å². The molecule has 0 bridgehead atoms. The van der Waals surface area contributed by atoms with Crippen molar-refractivity contribution in [3.63, 3.8) is 0 Å². The maximum atomic E-state index is 12.7. The van der Waals surface area contributed by atoms with Crippen LogP contribution in [-0.2, 0) is 17.9 Å². The molecule has 0 spiro atoms. The van der Waals surface area contributed by atoms with E-state index in [-0.39, 0.29) is 5.91 Å². The molecule has 0 radical (unpaired) electrons. The van der Waals surface area contributed by atoms with Gasteiger partial charge in [-0.05, 0) is 64.6 Å². The number of amides is 1. The van der Waals surface area contributed by atoms with Gasteiger partial charge >= 0.3 is 0 Å². The van der Waals surface area contributed by atoms with Crippen molar-refractivity contribution in [2.45, 2.75) is 30.4 Å². The Labute approximate surface area is 222 Å². The molecule has 0 aliphatic carbocycles. The van der Waals surface area contributed by atoms with Crippen molar-refractivity contribution in [1.29, 1.82) is 0 Å². The number of fused-ring (bicyclic) bond motifs is 1. The molecule has 0 unspecified atom stereocenters. The molecular weight excluding hydrogens is 571 g/mol. The zero-order valence-electron chi connectivity index (χ0n) is 19.2. The van der Waals surface area contributed by atoms with E-state index in [9.17, 15) is 4.79 Å². The molecular formula is C26H25IN6OS. The van der Waals surface area contributed by atoms with E-state index in [1.54, 1.807) is 12.3 Å². The summed E-state index contributed by atoms with van der Waals surface area (Å²) in [5, 5.41) is 18.6. The van der Waals surface area contributed by atoms with Gasteiger partial charge in [0.15, 0.2) is 11.0 Å². The van der Waals surface area contributed by atoms with Crippen molar-refractivity contribution < 1.29 is 4.79 Å². The fourth-order valence-corrected chi connectivity index (χ4v) is 4.66. The molecule has 1 aromatic heterocycles. The van der Waals surface area contributed by atoms with Gasteiger partial charge in [-0.15, -0.1) is 16.8 Å². The average Bonchev–Trinajstić information content (AvgIpc) is 3.25. The van der Waals surface area contributed by atoms with Gasteiger partial charge in [0.05, 0.1) is 18.0 Å². The second kappa shape index (κ2) is 12.0. The summed E-state index contributed by atoms with van der Waals surface area (Å²) in [5.74, 6) is 0.561. The molecule has 1 atom stereocenters. The van der Waals surface area contributed by atoms with Crippen LogP contribution in [0.25, 0.3) is 10.8 Å². The van der Waals surface area contributed by atoms with Crippen LogP contribution in [0.2, 0.25) is 0 Å². The molecule has 4 rings (SSSR count).